The van der Waals surface area contributed by atoms with Crippen molar-refractivity contribution in [2.45, 2.75) is 13.5 Å². The number of imidazole rings is 1. The maximum atomic E-state index is 12.1. The van der Waals surface area contributed by atoms with Gasteiger partial charge in [0.15, 0.2) is 24.0 Å². The van der Waals surface area contributed by atoms with Gasteiger partial charge in [-0.25, -0.2) is 9.13 Å². The van der Waals surface area contributed by atoms with Gasteiger partial charge in [-0.3, -0.25) is 4.79 Å². The van der Waals surface area contributed by atoms with Crippen molar-refractivity contribution < 1.29 is 26.5 Å². The van der Waals surface area contributed by atoms with Crippen molar-refractivity contribution in [2.24, 2.45) is 7.05 Å². The predicted molar refractivity (Wildman–Crippen MR) is 69.9 cm³/mol. The minimum atomic E-state index is 0. The van der Waals surface area contributed by atoms with Crippen LogP contribution in [-0.4, -0.2) is 22.0 Å². The molecule has 5 heteroatoms. The van der Waals surface area contributed by atoms with E-state index in [1.54, 1.807) is 31.4 Å². The van der Waals surface area contributed by atoms with E-state index in [9.17, 15) is 4.79 Å². The van der Waals surface area contributed by atoms with Crippen LogP contribution >= 0.6 is 0 Å². The van der Waals surface area contributed by atoms with E-state index in [1.165, 1.54) is 0 Å². The number of ether oxygens (including phenoxy) is 1. The Hall–Kier alpha value is -1.62. The molecular formula is C14H17BrN2O2. The normalized spacial score (nSPS) is 9.84. The summed E-state index contributed by atoms with van der Waals surface area (Å²) in [6.07, 6.45) is 3.85. The zero-order chi connectivity index (χ0) is 13.1. The molecule has 1 heterocycles. The summed E-state index contributed by atoms with van der Waals surface area (Å²) in [4.78, 5) is 12.1. The molecule has 0 saturated heterocycles. The molecule has 19 heavy (non-hydrogen) atoms. The van der Waals surface area contributed by atoms with E-state index < -0.39 is 0 Å². The molecule has 0 spiro atoms. The van der Waals surface area contributed by atoms with Crippen LogP contribution in [0.4, 0.5) is 0 Å². The number of methoxy groups -OCH3 is 1. The molecule has 1 aromatic carbocycles. The molecule has 0 unspecified atom stereocenters. The van der Waals surface area contributed by atoms with Gasteiger partial charge in [-0.1, -0.05) is 0 Å². The lowest BCUT2D eigenvalue weighted by molar-refractivity contribution is -0.0000122. The first-order chi connectivity index (χ1) is 8.61. The Bertz CT molecular complexity index is 561. The van der Waals surface area contributed by atoms with Crippen LogP contribution in [0.5, 0.6) is 5.75 Å². The summed E-state index contributed by atoms with van der Waals surface area (Å²) in [6, 6.07) is 7.19. The minimum absolute atomic E-state index is 0. The number of ketones is 1. The number of Topliss-reactive ketones (excluding diaryl/α,β-unsaturated/α-hetero) is 1. The molecular weight excluding hydrogens is 308 g/mol. The van der Waals surface area contributed by atoms with Crippen LogP contribution in [0, 0.1) is 6.92 Å². The Labute approximate surface area is 123 Å². The number of hydrogen-bond acceptors (Lipinski definition) is 2. The quantitative estimate of drug-likeness (QED) is 0.551. The van der Waals surface area contributed by atoms with Crippen LogP contribution in [0.3, 0.4) is 0 Å². The summed E-state index contributed by atoms with van der Waals surface area (Å²) in [6.45, 7) is 2.35. The lowest BCUT2D eigenvalue weighted by Crippen LogP contribution is -3.00. The highest BCUT2D eigenvalue weighted by molar-refractivity contribution is 5.96. The Morgan fingerprint density at radius 1 is 1.26 bits per heavy atom. The second-order valence-electron chi connectivity index (χ2n) is 4.24. The van der Waals surface area contributed by atoms with Gasteiger partial charge in [0, 0.05) is 19.5 Å². The molecule has 0 bridgehead atoms. The molecule has 1 aromatic heterocycles. The van der Waals surface area contributed by atoms with Crippen molar-refractivity contribution in [1.29, 1.82) is 0 Å². The fourth-order valence-electron chi connectivity index (χ4n) is 1.79. The Morgan fingerprint density at radius 3 is 2.37 bits per heavy atom. The van der Waals surface area contributed by atoms with Crippen molar-refractivity contribution in [3.8, 4) is 5.75 Å². The molecule has 0 N–H and O–H groups in total. The van der Waals surface area contributed by atoms with Gasteiger partial charge in [0.1, 0.15) is 12.3 Å². The van der Waals surface area contributed by atoms with Gasteiger partial charge in [0.05, 0.1) is 7.11 Å². The minimum Gasteiger partial charge on any atom is -1.00 e. The number of carbonyl (C=O) groups excluding carboxylic acids is 1. The largest absolute Gasteiger partial charge is 1.00 e. The zero-order valence-electron chi connectivity index (χ0n) is 11.3. The van der Waals surface area contributed by atoms with Gasteiger partial charge in [-0.05, 0) is 24.3 Å². The first-order valence-corrected chi connectivity index (χ1v) is 5.80. The molecule has 0 saturated carbocycles. The van der Waals surface area contributed by atoms with E-state index >= 15 is 0 Å². The van der Waals surface area contributed by atoms with Crippen molar-refractivity contribution >= 4 is 5.78 Å². The molecule has 102 valence electrons. The van der Waals surface area contributed by atoms with E-state index in [-0.39, 0.29) is 22.8 Å². The number of aryl methyl sites for hydroxylation is 1. The number of halogens is 1. The van der Waals surface area contributed by atoms with Gasteiger partial charge in [-0.15, -0.1) is 0 Å². The zero-order valence-corrected chi connectivity index (χ0v) is 12.8. The van der Waals surface area contributed by atoms with Crippen molar-refractivity contribution in [3.63, 3.8) is 0 Å². The van der Waals surface area contributed by atoms with Crippen LogP contribution in [0.2, 0.25) is 0 Å². The van der Waals surface area contributed by atoms with Crippen molar-refractivity contribution in [1.82, 2.24) is 9.13 Å². The monoisotopic (exact) mass is 324 g/mol. The number of hydrogen-bond donors (Lipinski definition) is 0. The van der Waals surface area contributed by atoms with Crippen LogP contribution < -0.4 is 21.7 Å². The van der Waals surface area contributed by atoms with E-state index in [0.717, 1.165) is 11.6 Å². The molecule has 0 aliphatic carbocycles. The topological polar surface area (TPSA) is 36.2 Å². The number of benzene rings is 1. The van der Waals surface area contributed by atoms with Crippen molar-refractivity contribution in [2.75, 3.05) is 7.11 Å². The van der Waals surface area contributed by atoms with Gasteiger partial charge < -0.3 is 21.7 Å². The van der Waals surface area contributed by atoms with Gasteiger partial charge >= 0.3 is 0 Å². The van der Waals surface area contributed by atoms with E-state index in [0.29, 0.717) is 12.1 Å². The van der Waals surface area contributed by atoms with E-state index in [2.05, 4.69) is 0 Å². The maximum Gasteiger partial charge on any atom is 0.185 e. The SMILES string of the molecule is COc1ccc(C(=O)Cn2ccn(C)[c+]2C)cc1.[Br-]. The summed E-state index contributed by atoms with van der Waals surface area (Å²) in [5.41, 5.74) is 0.701. The van der Waals surface area contributed by atoms with Crippen LogP contribution in [0.15, 0.2) is 36.7 Å². The maximum absolute atomic E-state index is 12.1. The number of nitrogens with zero attached hydrogens (tertiary/aromatic N) is 2. The third kappa shape index (κ3) is 3.44. The van der Waals surface area contributed by atoms with Gasteiger partial charge in [0.25, 0.3) is 0 Å². The van der Waals surface area contributed by atoms with E-state index in [4.69, 9.17) is 4.74 Å². The third-order valence-corrected chi connectivity index (χ3v) is 3.12. The molecule has 0 atom stereocenters. The molecule has 0 amide bonds. The smallest absolute Gasteiger partial charge is 0.185 e. The molecule has 4 nitrogen and oxygen atoms in total. The summed E-state index contributed by atoms with van der Waals surface area (Å²) in [5.74, 6) is 1.91. The van der Waals surface area contributed by atoms with Gasteiger partial charge in [0.2, 0.25) is 0 Å². The summed E-state index contributed by atoms with van der Waals surface area (Å²) < 4.78 is 8.99. The summed E-state index contributed by atoms with van der Waals surface area (Å²) in [7, 11) is 3.57. The predicted octanol–water partition coefficient (Wildman–Crippen LogP) is -0.688. The second-order valence-corrected chi connectivity index (χ2v) is 4.24. The van der Waals surface area contributed by atoms with Gasteiger partial charge in [-0.2, -0.15) is 0 Å². The molecule has 2 aromatic rings. The first kappa shape index (κ1) is 15.4. The highest BCUT2D eigenvalue weighted by Gasteiger charge is 2.13. The second kappa shape index (κ2) is 6.52. The number of carbonyl (C=O) groups is 1. The lowest BCUT2D eigenvalue weighted by Gasteiger charge is -2.03. The lowest BCUT2D eigenvalue weighted by atomic mass is 10.1. The van der Waals surface area contributed by atoms with E-state index in [1.807, 2.05) is 35.5 Å². The summed E-state index contributed by atoms with van der Waals surface area (Å²) in [5, 5.41) is 0. The molecule has 0 radical (unpaired) electrons. The fourth-order valence-corrected chi connectivity index (χ4v) is 1.79. The Kier molecular flexibility index (Phi) is 5.30. The molecule has 2 rings (SSSR count). The highest BCUT2D eigenvalue weighted by atomic mass is 79.9. The fraction of sp³-hybridized carbons (Fsp3) is 0.286. The Balaban J connectivity index is 0.00000180. The van der Waals surface area contributed by atoms with Crippen LogP contribution in [0.1, 0.15) is 16.2 Å². The van der Waals surface area contributed by atoms with Crippen molar-refractivity contribution in [3.05, 3.63) is 48.0 Å². The number of rotatable bonds is 4. The summed E-state index contributed by atoms with van der Waals surface area (Å²) >= 11 is 0. The third-order valence-electron chi connectivity index (χ3n) is 3.12. The Morgan fingerprint density at radius 2 is 1.89 bits per heavy atom. The number of aromatic nitrogens is 2. The highest BCUT2D eigenvalue weighted by Crippen LogP contribution is 2.12. The average molecular weight is 325 g/mol. The molecule has 0 fully saturated rings. The molecule has 0 aliphatic heterocycles. The first-order valence-electron chi connectivity index (χ1n) is 5.80. The van der Waals surface area contributed by atoms with Crippen LogP contribution in [-0.2, 0) is 13.6 Å². The van der Waals surface area contributed by atoms with Crippen LogP contribution in [0.25, 0.3) is 0 Å². The average Bonchev–Trinajstić information content (AvgIpc) is 2.71. The molecule has 0 aliphatic rings. The standard InChI is InChI=1S/C14H17N2O2.BrH/c1-11-15(2)8-9-16(11)10-14(17)12-4-6-13(18-3)7-5-12;/h4-9H,10H2,1-3H3;1H/q+1;/p-1.